The molecule has 0 bridgehead atoms. The van der Waals surface area contributed by atoms with Crippen LogP contribution in [-0.2, 0) is 0 Å². The molecule has 2 aromatic heterocycles. The van der Waals surface area contributed by atoms with Crippen molar-refractivity contribution in [3.05, 3.63) is 29.4 Å². The Labute approximate surface area is 85.5 Å². The highest BCUT2D eigenvalue weighted by atomic mass is 35.5. The minimum atomic E-state index is 0.00441. The molecule has 4 nitrogen and oxygen atoms in total. The zero-order chi connectivity index (χ0) is 10.1. The standard InChI is InChI=1S/C9H8ClN3O/c1-2-7(14)6-5-13-4-3-11-8(10)9(13)12-6/h3-5H,2H2,1H3. The van der Waals surface area contributed by atoms with E-state index in [1.165, 1.54) is 0 Å². The van der Waals surface area contributed by atoms with Gasteiger partial charge in [0.25, 0.3) is 0 Å². The summed E-state index contributed by atoms with van der Waals surface area (Å²) in [5.74, 6) is 0.00441. The SMILES string of the molecule is CCC(=O)c1cn2ccnc(Cl)c2n1. The fraction of sp³-hybridized carbons (Fsp3) is 0.222. The van der Waals surface area contributed by atoms with E-state index in [9.17, 15) is 4.79 Å². The van der Waals surface area contributed by atoms with E-state index in [1.54, 1.807) is 29.9 Å². The molecule has 0 aliphatic rings. The van der Waals surface area contributed by atoms with Crippen LogP contribution in [0.25, 0.3) is 5.65 Å². The third-order valence-corrected chi connectivity index (χ3v) is 2.21. The second kappa shape index (κ2) is 3.38. The molecule has 72 valence electrons. The number of hydrogen-bond acceptors (Lipinski definition) is 3. The quantitative estimate of drug-likeness (QED) is 0.711. The number of imidazole rings is 1. The van der Waals surface area contributed by atoms with Crippen molar-refractivity contribution < 1.29 is 4.79 Å². The van der Waals surface area contributed by atoms with E-state index in [4.69, 9.17) is 11.6 Å². The fourth-order valence-corrected chi connectivity index (χ4v) is 1.40. The van der Waals surface area contributed by atoms with Gasteiger partial charge in [0.2, 0.25) is 0 Å². The molecule has 0 saturated heterocycles. The lowest BCUT2D eigenvalue weighted by Gasteiger charge is -1.91. The third-order valence-electron chi connectivity index (χ3n) is 1.94. The monoisotopic (exact) mass is 209 g/mol. The normalized spacial score (nSPS) is 10.7. The van der Waals surface area contributed by atoms with Gasteiger partial charge in [0.1, 0.15) is 5.69 Å². The molecule has 0 spiro atoms. The summed E-state index contributed by atoms with van der Waals surface area (Å²) in [6.45, 7) is 1.80. The van der Waals surface area contributed by atoms with Gasteiger partial charge in [-0.2, -0.15) is 0 Å². The van der Waals surface area contributed by atoms with Crippen molar-refractivity contribution in [1.82, 2.24) is 14.4 Å². The zero-order valence-corrected chi connectivity index (χ0v) is 8.32. The molecule has 0 aliphatic heterocycles. The molecule has 0 saturated carbocycles. The summed E-state index contributed by atoms with van der Waals surface area (Å²) < 4.78 is 1.69. The van der Waals surface area contributed by atoms with E-state index in [1.807, 2.05) is 0 Å². The number of rotatable bonds is 2. The van der Waals surface area contributed by atoms with Gasteiger partial charge in [0, 0.05) is 25.0 Å². The van der Waals surface area contributed by atoms with Crippen molar-refractivity contribution in [3.63, 3.8) is 0 Å². The average Bonchev–Trinajstić information content (AvgIpc) is 2.62. The Kier molecular flexibility index (Phi) is 2.21. The molecule has 0 unspecified atom stereocenters. The van der Waals surface area contributed by atoms with Crippen molar-refractivity contribution in [2.24, 2.45) is 0 Å². The van der Waals surface area contributed by atoms with Crippen LogP contribution in [0, 0.1) is 0 Å². The van der Waals surface area contributed by atoms with E-state index in [-0.39, 0.29) is 5.78 Å². The number of ketones is 1. The summed E-state index contributed by atoms with van der Waals surface area (Å²) in [6, 6.07) is 0. The van der Waals surface area contributed by atoms with Crippen LogP contribution in [-0.4, -0.2) is 20.2 Å². The van der Waals surface area contributed by atoms with E-state index in [0.29, 0.717) is 22.9 Å². The topological polar surface area (TPSA) is 47.3 Å². The lowest BCUT2D eigenvalue weighted by Crippen LogP contribution is -1.95. The Morgan fingerprint density at radius 3 is 3.07 bits per heavy atom. The molecule has 0 aromatic carbocycles. The molecule has 0 aliphatic carbocycles. The Balaban J connectivity index is 2.62. The highest BCUT2D eigenvalue weighted by molar-refractivity contribution is 6.32. The van der Waals surface area contributed by atoms with Crippen LogP contribution < -0.4 is 0 Å². The third kappa shape index (κ3) is 1.37. The van der Waals surface area contributed by atoms with Crippen molar-refractivity contribution >= 4 is 23.0 Å². The van der Waals surface area contributed by atoms with Gasteiger partial charge in [-0.1, -0.05) is 18.5 Å². The first-order chi connectivity index (χ1) is 6.72. The predicted octanol–water partition coefficient (Wildman–Crippen LogP) is 1.98. The van der Waals surface area contributed by atoms with E-state index in [0.717, 1.165) is 0 Å². The molecule has 0 N–H and O–H groups in total. The fourth-order valence-electron chi connectivity index (χ4n) is 1.20. The lowest BCUT2D eigenvalue weighted by molar-refractivity contribution is 0.0984. The number of fused-ring (bicyclic) bond motifs is 1. The van der Waals surface area contributed by atoms with E-state index in [2.05, 4.69) is 9.97 Å². The summed E-state index contributed by atoms with van der Waals surface area (Å²) in [4.78, 5) is 19.3. The first-order valence-corrected chi connectivity index (χ1v) is 4.62. The van der Waals surface area contributed by atoms with Crippen LogP contribution in [0.4, 0.5) is 0 Å². The van der Waals surface area contributed by atoms with Crippen molar-refractivity contribution in [2.75, 3.05) is 0 Å². The van der Waals surface area contributed by atoms with Gasteiger partial charge in [-0.3, -0.25) is 4.79 Å². The van der Waals surface area contributed by atoms with Gasteiger partial charge in [-0.15, -0.1) is 0 Å². The lowest BCUT2D eigenvalue weighted by atomic mass is 10.2. The van der Waals surface area contributed by atoms with Crippen LogP contribution in [0.15, 0.2) is 18.6 Å². The second-order valence-electron chi connectivity index (χ2n) is 2.85. The van der Waals surface area contributed by atoms with Gasteiger partial charge >= 0.3 is 0 Å². The number of aromatic nitrogens is 3. The van der Waals surface area contributed by atoms with Crippen LogP contribution in [0.5, 0.6) is 0 Å². The number of hydrogen-bond donors (Lipinski definition) is 0. The zero-order valence-electron chi connectivity index (χ0n) is 7.57. The summed E-state index contributed by atoms with van der Waals surface area (Å²) in [6.07, 6.45) is 5.38. The summed E-state index contributed by atoms with van der Waals surface area (Å²) >= 11 is 5.81. The Morgan fingerprint density at radius 2 is 2.43 bits per heavy atom. The number of nitrogens with zero attached hydrogens (tertiary/aromatic N) is 3. The number of carbonyl (C=O) groups is 1. The highest BCUT2D eigenvalue weighted by Crippen LogP contribution is 2.13. The molecule has 2 rings (SSSR count). The van der Waals surface area contributed by atoms with Crippen LogP contribution in [0.2, 0.25) is 5.15 Å². The minimum Gasteiger partial charge on any atom is -0.302 e. The highest BCUT2D eigenvalue weighted by Gasteiger charge is 2.10. The first-order valence-electron chi connectivity index (χ1n) is 4.24. The first kappa shape index (κ1) is 9.15. The maximum Gasteiger partial charge on any atom is 0.182 e. The maximum atomic E-state index is 11.4. The molecule has 2 aromatic rings. The average molecular weight is 210 g/mol. The van der Waals surface area contributed by atoms with Gasteiger partial charge in [0.05, 0.1) is 0 Å². The molecule has 14 heavy (non-hydrogen) atoms. The predicted molar refractivity (Wildman–Crippen MR) is 52.6 cm³/mol. The van der Waals surface area contributed by atoms with Crippen LogP contribution >= 0.6 is 11.6 Å². The molecule has 0 fully saturated rings. The molecular formula is C9H8ClN3O. The van der Waals surface area contributed by atoms with Gasteiger partial charge < -0.3 is 4.40 Å². The van der Waals surface area contributed by atoms with Crippen molar-refractivity contribution in [2.45, 2.75) is 13.3 Å². The molecule has 5 heteroatoms. The van der Waals surface area contributed by atoms with Crippen molar-refractivity contribution in [3.8, 4) is 0 Å². The Hall–Kier alpha value is -1.42. The van der Waals surface area contributed by atoms with Gasteiger partial charge in [0.15, 0.2) is 16.6 Å². The summed E-state index contributed by atoms with van der Waals surface area (Å²) in [5, 5.41) is 0.308. The molecule has 0 radical (unpaired) electrons. The van der Waals surface area contributed by atoms with Gasteiger partial charge in [-0.25, -0.2) is 9.97 Å². The number of halogens is 1. The minimum absolute atomic E-state index is 0.00441. The maximum absolute atomic E-state index is 11.4. The second-order valence-corrected chi connectivity index (χ2v) is 3.21. The summed E-state index contributed by atoms with van der Waals surface area (Å²) in [7, 11) is 0. The molecule has 0 amide bonds. The van der Waals surface area contributed by atoms with E-state index >= 15 is 0 Å². The summed E-state index contributed by atoms with van der Waals surface area (Å²) in [5.41, 5.74) is 0.952. The molecular weight excluding hydrogens is 202 g/mol. The smallest absolute Gasteiger partial charge is 0.182 e. The number of carbonyl (C=O) groups excluding carboxylic acids is 1. The Morgan fingerprint density at radius 1 is 1.64 bits per heavy atom. The van der Waals surface area contributed by atoms with Crippen LogP contribution in [0.3, 0.4) is 0 Å². The molecule has 0 atom stereocenters. The van der Waals surface area contributed by atoms with Crippen LogP contribution in [0.1, 0.15) is 23.8 Å². The van der Waals surface area contributed by atoms with Gasteiger partial charge in [-0.05, 0) is 0 Å². The molecule has 2 heterocycles. The largest absolute Gasteiger partial charge is 0.302 e. The Bertz CT molecular complexity index is 492. The van der Waals surface area contributed by atoms with Crippen molar-refractivity contribution in [1.29, 1.82) is 0 Å². The van der Waals surface area contributed by atoms with E-state index < -0.39 is 0 Å². The number of Topliss-reactive ketones (excluding diaryl/α,β-unsaturated/α-hetero) is 1.